The lowest BCUT2D eigenvalue weighted by Crippen LogP contribution is -2.20. The Bertz CT molecular complexity index is 615. The first-order valence-corrected chi connectivity index (χ1v) is 11.2. The van der Waals surface area contributed by atoms with Gasteiger partial charge < -0.3 is 9.47 Å². The Hall–Kier alpha value is -1.18. The first-order valence-electron chi connectivity index (χ1n) is 11.2. The molecule has 0 radical (unpaired) electrons. The van der Waals surface area contributed by atoms with E-state index >= 15 is 0 Å². The first kappa shape index (κ1) is 17.0. The van der Waals surface area contributed by atoms with Crippen molar-refractivity contribution in [1.29, 1.82) is 0 Å². The lowest BCUT2D eigenvalue weighted by Gasteiger charge is -2.32. The van der Waals surface area contributed by atoms with Gasteiger partial charge in [-0.15, -0.1) is 0 Å². The predicted molar refractivity (Wildman–Crippen MR) is 106 cm³/mol. The van der Waals surface area contributed by atoms with Gasteiger partial charge in [0.15, 0.2) is 0 Å². The van der Waals surface area contributed by atoms with E-state index in [1.807, 2.05) is 0 Å². The number of ether oxygens (including phenoxy) is 2. The summed E-state index contributed by atoms with van der Waals surface area (Å²) in [5, 5.41) is 0. The standard InChI is InChI=1S/C24H34O2/c1-5-13(3)25-23-19-15-7-9-17(11-15)21(19)24(26-14(4)6-2)22-18-10-8-16(12-18)20(22)23/h13-18H,5-12H2,1-4H3/t13-,14-,15?,16?,17?,18?/m1/s1. The molecule has 4 aliphatic rings. The number of fused-ring (bicyclic) bond motifs is 10. The second kappa shape index (κ2) is 6.17. The van der Waals surface area contributed by atoms with Gasteiger partial charge in [-0.25, -0.2) is 0 Å². The van der Waals surface area contributed by atoms with Gasteiger partial charge in [-0.3, -0.25) is 0 Å². The normalized spacial score (nSPS) is 32.5. The summed E-state index contributed by atoms with van der Waals surface area (Å²) in [6, 6.07) is 0. The molecule has 2 fully saturated rings. The summed E-state index contributed by atoms with van der Waals surface area (Å²) in [6.07, 6.45) is 10.9. The first-order chi connectivity index (χ1) is 12.6. The third-order valence-electron chi connectivity index (χ3n) is 7.84. The molecule has 4 aliphatic carbocycles. The topological polar surface area (TPSA) is 18.5 Å². The highest BCUT2D eigenvalue weighted by Crippen LogP contribution is 2.67. The van der Waals surface area contributed by atoms with Crippen LogP contribution in [0.4, 0.5) is 0 Å². The molecule has 26 heavy (non-hydrogen) atoms. The van der Waals surface area contributed by atoms with Crippen molar-refractivity contribution in [2.75, 3.05) is 0 Å². The molecule has 0 heterocycles. The van der Waals surface area contributed by atoms with E-state index in [9.17, 15) is 0 Å². The third kappa shape index (κ3) is 2.29. The van der Waals surface area contributed by atoms with Gasteiger partial charge in [-0.1, -0.05) is 13.8 Å². The third-order valence-corrected chi connectivity index (χ3v) is 7.84. The average molecular weight is 355 g/mol. The maximum atomic E-state index is 6.69. The zero-order chi connectivity index (χ0) is 18.0. The van der Waals surface area contributed by atoms with Gasteiger partial charge in [0, 0.05) is 22.3 Å². The second-order valence-electron chi connectivity index (χ2n) is 9.40. The summed E-state index contributed by atoms with van der Waals surface area (Å²) in [4.78, 5) is 0. The lowest BCUT2D eigenvalue weighted by molar-refractivity contribution is 0.202. The van der Waals surface area contributed by atoms with E-state index in [4.69, 9.17) is 9.47 Å². The fourth-order valence-electron chi connectivity index (χ4n) is 6.24. The minimum Gasteiger partial charge on any atom is -0.490 e. The Morgan fingerprint density at radius 3 is 1.23 bits per heavy atom. The van der Waals surface area contributed by atoms with Gasteiger partial charge >= 0.3 is 0 Å². The largest absolute Gasteiger partial charge is 0.490 e. The van der Waals surface area contributed by atoms with E-state index in [1.165, 1.54) is 50.0 Å². The van der Waals surface area contributed by atoms with E-state index in [1.54, 1.807) is 22.3 Å². The zero-order valence-corrected chi connectivity index (χ0v) is 16.9. The van der Waals surface area contributed by atoms with Crippen molar-refractivity contribution >= 4 is 0 Å². The predicted octanol–water partition coefficient (Wildman–Crippen LogP) is 6.77. The van der Waals surface area contributed by atoms with Gasteiger partial charge in [-0.05, 0) is 88.9 Å². The van der Waals surface area contributed by atoms with Gasteiger partial charge in [0.05, 0.1) is 12.2 Å². The highest BCUT2D eigenvalue weighted by atomic mass is 16.5. The maximum absolute atomic E-state index is 6.69. The molecule has 142 valence electrons. The zero-order valence-electron chi connectivity index (χ0n) is 16.9. The van der Waals surface area contributed by atoms with Crippen LogP contribution in [0.25, 0.3) is 0 Å². The molecule has 0 aromatic heterocycles. The lowest BCUT2D eigenvalue weighted by atomic mass is 9.81. The van der Waals surface area contributed by atoms with E-state index in [-0.39, 0.29) is 0 Å². The highest BCUT2D eigenvalue weighted by Gasteiger charge is 2.49. The van der Waals surface area contributed by atoms with Gasteiger partial charge in [0.2, 0.25) is 0 Å². The Kier molecular flexibility index (Phi) is 4.03. The van der Waals surface area contributed by atoms with Gasteiger partial charge in [-0.2, -0.15) is 0 Å². The molecule has 0 saturated heterocycles. The number of hydrogen-bond donors (Lipinski definition) is 0. The van der Waals surface area contributed by atoms with Gasteiger partial charge in [0.1, 0.15) is 11.5 Å². The summed E-state index contributed by atoms with van der Waals surface area (Å²) in [5.74, 6) is 5.52. The SMILES string of the molecule is CC[C@@H](C)Oc1c2c(c(O[C@H](C)CC)c3c1C1CCC3C1)C1CCC2C1. The van der Waals surface area contributed by atoms with Crippen molar-refractivity contribution in [3.63, 3.8) is 0 Å². The summed E-state index contributed by atoms with van der Waals surface area (Å²) in [6.45, 7) is 8.96. The molecule has 0 spiro atoms. The van der Waals surface area contributed by atoms with Crippen molar-refractivity contribution in [3.8, 4) is 11.5 Å². The van der Waals surface area contributed by atoms with Crippen molar-refractivity contribution in [1.82, 2.24) is 0 Å². The molecule has 1 aromatic carbocycles. The number of hydrogen-bond acceptors (Lipinski definition) is 2. The minimum atomic E-state index is 0.308. The molecule has 4 unspecified atom stereocenters. The van der Waals surface area contributed by atoms with E-state index in [0.717, 1.165) is 36.5 Å². The Balaban J connectivity index is 1.73. The van der Waals surface area contributed by atoms with E-state index in [2.05, 4.69) is 27.7 Å². The van der Waals surface area contributed by atoms with Crippen molar-refractivity contribution < 1.29 is 9.47 Å². The molecule has 0 aliphatic heterocycles. The van der Waals surface area contributed by atoms with E-state index < -0.39 is 0 Å². The Morgan fingerprint density at radius 2 is 0.962 bits per heavy atom. The van der Waals surface area contributed by atoms with Crippen molar-refractivity contribution in [3.05, 3.63) is 22.3 Å². The monoisotopic (exact) mass is 354 g/mol. The molecule has 2 heteroatoms. The molecular formula is C24H34O2. The molecule has 5 rings (SSSR count). The van der Waals surface area contributed by atoms with Crippen LogP contribution in [0.3, 0.4) is 0 Å². The fourth-order valence-corrected chi connectivity index (χ4v) is 6.24. The maximum Gasteiger partial charge on any atom is 0.127 e. The Labute approximate surface area is 158 Å². The molecular weight excluding hydrogens is 320 g/mol. The molecule has 2 saturated carbocycles. The van der Waals surface area contributed by atoms with E-state index in [0.29, 0.717) is 12.2 Å². The van der Waals surface area contributed by atoms with Crippen molar-refractivity contribution in [2.45, 2.75) is 115 Å². The molecule has 4 bridgehead atoms. The van der Waals surface area contributed by atoms with Crippen LogP contribution in [0.1, 0.15) is 125 Å². The quantitative estimate of drug-likeness (QED) is 0.561. The molecule has 2 nitrogen and oxygen atoms in total. The Morgan fingerprint density at radius 1 is 0.654 bits per heavy atom. The van der Waals surface area contributed by atoms with Gasteiger partial charge in [0.25, 0.3) is 0 Å². The highest BCUT2D eigenvalue weighted by molar-refractivity contribution is 5.68. The summed E-state index contributed by atoms with van der Waals surface area (Å²) in [5.41, 5.74) is 6.30. The minimum absolute atomic E-state index is 0.308. The number of rotatable bonds is 6. The van der Waals surface area contributed by atoms with Crippen LogP contribution in [0.15, 0.2) is 0 Å². The second-order valence-corrected chi connectivity index (χ2v) is 9.40. The fraction of sp³-hybridized carbons (Fsp3) is 0.750. The van der Waals surface area contributed by atoms with Crippen LogP contribution < -0.4 is 9.47 Å². The van der Waals surface area contributed by atoms with Crippen molar-refractivity contribution in [2.24, 2.45) is 0 Å². The van der Waals surface area contributed by atoms with Crippen LogP contribution in [0.2, 0.25) is 0 Å². The van der Waals surface area contributed by atoms with Crippen LogP contribution in [0.5, 0.6) is 11.5 Å². The summed E-state index contributed by atoms with van der Waals surface area (Å²) in [7, 11) is 0. The molecule has 0 amide bonds. The average Bonchev–Trinajstić information content (AvgIpc) is 3.43. The molecule has 1 aromatic rings. The van der Waals surface area contributed by atoms with Crippen LogP contribution in [-0.2, 0) is 0 Å². The summed E-state index contributed by atoms with van der Waals surface area (Å²) >= 11 is 0. The molecule has 0 N–H and O–H groups in total. The van der Waals surface area contributed by atoms with Crippen LogP contribution in [0, 0.1) is 0 Å². The summed E-state index contributed by atoms with van der Waals surface area (Å²) < 4.78 is 13.4. The van der Waals surface area contributed by atoms with Crippen LogP contribution >= 0.6 is 0 Å². The smallest absolute Gasteiger partial charge is 0.127 e. The molecule has 6 atom stereocenters. The van der Waals surface area contributed by atoms with Crippen LogP contribution in [-0.4, -0.2) is 12.2 Å². The number of benzene rings is 1.